The maximum atomic E-state index is 13.8. The molecule has 0 aliphatic carbocycles. The molecule has 2 N–H and O–H groups in total. The number of aryl methyl sites for hydroxylation is 1. The highest BCUT2D eigenvalue weighted by Crippen LogP contribution is 2.14. The molecule has 0 bridgehead atoms. The van der Waals surface area contributed by atoms with Gasteiger partial charge in [-0.15, -0.1) is 0 Å². The smallest absolute Gasteiger partial charge is 0.329 e. The van der Waals surface area contributed by atoms with Crippen LogP contribution in [0.1, 0.15) is 29.8 Å². The molecule has 29 heavy (non-hydrogen) atoms. The van der Waals surface area contributed by atoms with E-state index in [9.17, 15) is 23.2 Å². The standard InChI is InChI=1S/C21H22F2N2O4/c1-12(2)19(25-20(27)15-6-4-5-7-16(15)22)21(28)29-11-18(26)24-14-9-8-13(3)17(23)10-14/h4-10,12,19H,11H2,1-3H3,(H,24,26)(H,25,27)/t19-/m0/s1. The van der Waals surface area contributed by atoms with Crippen molar-refractivity contribution in [2.75, 3.05) is 11.9 Å². The van der Waals surface area contributed by atoms with Crippen molar-refractivity contribution in [1.82, 2.24) is 5.32 Å². The molecule has 0 aliphatic rings. The Morgan fingerprint density at radius 1 is 1.03 bits per heavy atom. The topological polar surface area (TPSA) is 84.5 Å². The molecule has 8 heteroatoms. The Bertz CT molecular complexity index is 915. The minimum Gasteiger partial charge on any atom is -0.454 e. The highest BCUT2D eigenvalue weighted by molar-refractivity contribution is 5.97. The van der Waals surface area contributed by atoms with Gasteiger partial charge < -0.3 is 15.4 Å². The van der Waals surface area contributed by atoms with Gasteiger partial charge in [0.2, 0.25) is 0 Å². The van der Waals surface area contributed by atoms with E-state index in [0.717, 1.165) is 12.1 Å². The number of amides is 2. The van der Waals surface area contributed by atoms with Gasteiger partial charge >= 0.3 is 5.97 Å². The Morgan fingerprint density at radius 2 is 1.72 bits per heavy atom. The van der Waals surface area contributed by atoms with Gasteiger partial charge in [-0.1, -0.05) is 32.0 Å². The molecule has 0 fully saturated rings. The number of halogens is 2. The summed E-state index contributed by atoms with van der Waals surface area (Å²) < 4.78 is 32.2. The number of benzene rings is 2. The van der Waals surface area contributed by atoms with E-state index >= 15 is 0 Å². The highest BCUT2D eigenvalue weighted by Gasteiger charge is 2.27. The maximum absolute atomic E-state index is 13.8. The van der Waals surface area contributed by atoms with E-state index in [4.69, 9.17) is 4.74 Å². The van der Waals surface area contributed by atoms with Crippen LogP contribution in [0.15, 0.2) is 42.5 Å². The summed E-state index contributed by atoms with van der Waals surface area (Å²) in [4.78, 5) is 36.5. The van der Waals surface area contributed by atoms with Gasteiger partial charge in [-0.05, 0) is 42.7 Å². The van der Waals surface area contributed by atoms with E-state index in [2.05, 4.69) is 10.6 Å². The quantitative estimate of drug-likeness (QED) is 0.694. The van der Waals surface area contributed by atoms with Crippen molar-refractivity contribution in [3.63, 3.8) is 0 Å². The predicted molar refractivity (Wildman–Crippen MR) is 103 cm³/mol. The molecule has 2 aromatic rings. The van der Waals surface area contributed by atoms with E-state index in [1.165, 1.54) is 30.3 Å². The number of nitrogens with one attached hydrogen (secondary N) is 2. The van der Waals surface area contributed by atoms with Crippen LogP contribution < -0.4 is 10.6 Å². The van der Waals surface area contributed by atoms with Gasteiger partial charge in [-0.3, -0.25) is 9.59 Å². The molecule has 1 atom stereocenters. The Hall–Kier alpha value is -3.29. The Kier molecular flexibility index (Phi) is 7.41. The first kappa shape index (κ1) is 22.0. The Morgan fingerprint density at radius 3 is 2.34 bits per heavy atom. The van der Waals surface area contributed by atoms with E-state index in [1.807, 2.05) is 0 Å². The van der Waals surface area contributed by atoms with Crippen LogP contribution in [0.3, 0.4) is 0 Å². The van der Waals surface area contributed by atoms with Gasteiger partial charge in [-0.2, -0.15) is 0 Å². The summed E-state index contributed by atoms with van der Waals surface area (Å²) in [5.41, 5.74) is 0.451. The van der Waals surface area contributed by atoms with Gasteiger partial charge in [0.1, 0.15) is 17.7 Å². The molecule has 0 heterocycles. The summed E-state index contributed by atoms with van der Waals surface area (Å²) in [5, 5.41) is 4.84. The summed E-state index contributed by atoms with van der Waals surface area (Å²) in [6.07, 6.45) is 0. The third-order valence-corrected chi connectivity index (χ3v) is 4.13. The predicted octanol–water partition coefficient (Wildman–Crippen LogP) is 3.21. The second-order valence-corrected chi connectivity index (χ2v) is 6.79. The lowest BCUT2D eigenvalue weighted by Crippen LogP contribution is -2.46. The van der Waals surface area contributed by atoms with E-state index < -0.39 is 42.1 Å². The van der Waals surface area contributed by atoms with Gasteiger partial charge in [0.25, 0.3) is 11.8 Å². The van der Waals surface area contributed by atoms with Gasteiger partial charge in [0.15, 0.2) is 6.61 Å². The largest absolute Gasteiger partial charge is 0.454 e. The molecular weight excluding hydrogens is 382 g/mol. The van der Waals surface area contributed by atoms with Crippen molar-refractivity contribution in [2.24, 2.45) is 5.92 Å². The Balaban J connectivity index is 1.95. The molecule has 0 aromatic heterocycles. The monoisotopic (exact) mass is 404 g/mol. The van der Waals surface area contributed by atoms with Crippen molar-refractivity contribution < 1.29 is 27.9 Å². The number of esters is 1. The summed E-state index contributed by atoms with van der Waals surface area (Å²) >= 11 is 0. The number of ether oxygens (including phenoxy) is 1. The van der Waals surface area contributed by atoms with Gasteiger partial charge in [-0.25, -0.2) is 13.6 Å². The minimum absolute atomic E-state index is 0.204. The number of carbonyl (C=O) groups is 3. The average molecular weight is 404 g/mol. The molecule has 0 unspecified atom stereocenters. The number of carbonyl (C=O) groups excluding carboxylic acids is 3. The van der Waals surface area contributed by atoms with Crippen LogP contribution in [0, 0.1) is 24.5 Å². The van der Waals surface area contributed by atoms with Crippen molar-refractivity contribution in [1.29, 1.82) is 0 Å². The van der Waals surface area contributed by atoms with Crippen LogP contribution in [0.25, 0.3) is 0 Å². The van der Waals surface area contributed by atoms with Crippen molar-refractivity contribution in [3.05, 3.63) is 65.2 Å². The van der Waals surface area contributed by atoms with E-state index in [-0.39, 0.29) is 17.2 Å². The van der Waals surface area contributed by atoms with E-state index in [0.29, 0.717) is 5.56 Å². The van der Waals surface area contributed by atoms with E-state index in [1.54, 1.807) is 20.8 Å². The number of anilines is 1. The first-order valence-electron chi connectivity index (χ1n) is 8.97. The molecule has 2 rings (SSSR count). The molecule has 0 saturated carbocycles. The number of hydrogen-bond acceptors (Lipinski definition) is 4. The third-order valence-electron chi connectivity index (χ3n) is 4.13. The summed E-state index contributed by atoms with van der Waals surface area (Å²) in [7, 11) is 0. The van der Waals surface area contributed by atoms with Crippen molar-refractivity contribution in [3.8, 4) is 0 Å². The van der Waals surface area contributed by atoms with Crippen LogP contribution in [0.4, 0.5) is 14.5 Å². The lowest BCUT2D eigenvalue weighted by Gasteiger charge is -2.21. The second kappa shape index (κ2) is 9.77. The molecule has 6 nitrogen and oxygen atoms in total. The SMILES string of the molecule is Cc1ccc(NC(=O)COC(=O)[C@@H](NC(=O)c2ccccc2F)C(C)C)cc1F. The van der Waals surface area contributed by atoms with Crippen molar-refractivity contribution in [2.45, 2.75) is 26.8 Å². The van der Waals surface area contributed by atoms with Crippen LogP contribution in [0.2, 0.25) is 0 Å². The number of rotatable bonds is 7. The first-order chi connectivity index (χ1) is 13.7. The molecule has 0 spiro atoms. The zero-order chi connectivity index (χ0) is 21.6. The summed E-state index contributed by atoms with van der Waals surface area (Å²) in [5.74, 6) is -3.83. The molecular formula is C21H22F2N2O4. The third kappa shape index (κ3) is 6.10. The molecule has 2 aromatic carbocycles. The van der Waals surface area contributed by atoms with Gasteiger partial charge in [0.05, 0.1) is 5.56 Å². The maximum Gasteiger partial charge on any atom is 0.329 e. The lowest BCUT2D eigenvalue weighted by molar-refractivity contribution is -0.150. The molecule has 154 valence electrons. The highest BCUT2D eigenvalue weighted by atomic mass is 19.1. The zero-order valence-electron chi connectivity index (χ0n) is 16.3. The second-order valence-electron chi connectivity index (χ2n) is 6.79. The van der Waals surface area contributed by atoms with Crippen LogP contribution in [-0.2, 0) is 14.3 Å². The fourth-order valence-corrected chi connectivity index (χ4v) is 2.46. The van der Waals surface area contributed by atoms with Crippen molar-refractivity contribution >= 4 is 23.5 Å². The molecule has 0 saturated heterocycles. The first-order valence-corrected chi connectivity index (χ1v) is 8.97. The van der Waals surface area contributed by atoms with Gasteiger partial charge in [0, 0.05) is 5.69 Å². The lowest BCUT2D eigenvalue weighted by atomic mass is 10.0. The Labute approximate surface area is 167 Å². The van der Waals surface area contributed by atoms with Crippen LogP contribution in [-0.4, -0.2) is 30.4 Å². The fraction of sp³-hybridized carbons (Fsp3) is 0.286. The average Bonchev–Trinajstić information content (AvgIpc) is 2.67. The summed E-state index contributed by atoms with van der Waals surface area (Å²) in [6, 6.07) is 8.47. The number of hydrogen-bond donors (Lipinski definition) is 2. The fourth-order valence-electron chi connectivity index (χ4n) is 2.46. The molecule has 2 amide bonds. The summed E-state index contributed by atoms with van der Waals surface area (Å²) in [6.45, 7) is 4.31. The molecule has 0 radical (unpaired) electrons. The minimum atomic E-state index is -1.08. The van der Waals surface area contributed by atoms with Crippen LogP contribution in [0.5, 0.6) is 0 Å². The zero-order valence-corrected chi connectivity index (χ0v) is 16.3. The normalized spacial score (nSPS) is 11.7. The molecule has 0 aliphatic heterocycles. The van der Waals surface area contributed by atoms with Crippen LogP contribution >= 0.6 is 0 Å².